The molecule has 0 aliphatic rings. The predicted octanol–water partition coefficient (Wildman–Crippen LogP) is -0.932. The Hall–Kier alpha value is -1.23. The van der Waals surface area contributed by atoms with Crippen molar-refractivity contribution in [1.82, 2.24) is 4.98 Å². The molecule has 1 aromatic heterocycles. The summed E-state index contributed by atoms with van der Waals surface area (Å²) in [5.74, 6) is 0.876. The molecule has 0 fully saturated rings. The number of ether oxygens (including phenoxy) is 2. The fourth-order valence-electron chi connectivity index (χ4n) is 0.863. The Labute approximate surface area is 71.4 Å². The van der Waals surface area contributed by atoms with Crippen LogP contribution in [0.3, 0.4) is 0 Å². The lowest BCUT2D eigenvalue weighted by molar-refractivity contribution is 0.366. The van der Waals surface area contributed by atoms with Gasteiger partial charge in [0.25, 0.3) is 0 Å². The Morgan fingerprint density at radius 3 is 2.58 bits per heavy atom. The molecule has 1 rings (SSSR count). The molecule has 0 saturated carbocycles. The second kappa shape index (κ2) is 3.97. The molecule has 0 saturated heterocycles. The minimum atomic E-state index is -0.0832. The van der Waals surface area contributed by atoms with Gasteiger partial charge in [0.05, 0.1) is 14.2 Å². The lowest BCUT2D eigenvalue weighted by atomic mass is 9.90. The zero-order valence-corrected chi connectivity index (χ0v) is 7.07. The highest BCUT2D eigenvalue weighted by Crippen LogP contribution is 2.09. The van der Waals surface area contributed by atoms with Crippen LogP contribution in [0.4, 0.5) is 0 Å². The zero-order chi connectivity index (χ0) is 8.97. The Kier molecular flexibility index (Phi) is 2.93. The number of aromatic nitrogens is 1. The third-order valence-electron chi connectivity index (χ3n) is 1.49. The van der Waals surface area contributed by atoms with E-state index >= 15 is 0 Å². The minimum Gasteiger partial charge on any atom is -0.481 e. The second-order valence-electron chi connectivity index (χ2n) is 2.18. The van der Waals surface area contributed by atoms with E-state index in [0.717, 1.165) is 0 Å². The number of hydrogen-bond acceptors (Lipinski definition) is 4. The highest BCUT2D eigenvalue weighted by atomic mass is 16.5. The lowest BCUT2D eigenvalue weighted by Crippen LogP contribution is -2.17. The molecule has 0 aliphatic heterocycles. The van der Waals surface area contributed by atoms with Crippen LogP contribution in [0.5, 0.6) is 11.8 Å². The number of rotatable bonds is 3. The van der Waals surface area contributed by atoms with Gasteiger partial charge in [0.15, 0.2) is 0 Å². The molecule has 0 spiro atoms. The lowest BCUT2D eigenvalue weighted by Gasteiger charge is -2.05. The summed E-state index contributed by atoms with van der Waals surface area (Å²) in [5.41, 5.74) is 0.651. The highest BCUT2D eigenvalue weighted by molar-refractivity contribution is 6.46. The van der Waals surface area contributed by atoms with E-state index in [1.54, 1.807) is 12.1 Å². The summed E-state index contributed by atoms with van der Waals surface area (Å²) < 4.78 is 9.81. The van der Waals surface area contributed by atoms with E-state index < -0.39 is 0 Å². The van der Waals surface area contributed by atoms with Crippen molar-refractivity contribution in [2.75, 3.05) is 14.2 Å². The SMILES string of the molecule is COc1ccc(BO)c(OC)n1. The number of methoxy groups -OCH3 is 2. The quantitative estimate of drug-likeness (QED) is 0.590. The van der Waals surface area contributed by atoms with Gasteiger partial charge in [-0.2, -0.15) is 4.98 Å². The molecular weight excluding hydrogens is 157 g/mol. The maximum Gasteiger partial charge on any atom is 0.310 e. The average Bonchev–Trinajstić information content (AvgIpc) is 2.16. The van der Waals surface area contributed by atoms with E-state index in [2.05, 4.69) is 4.98 Å². The first kappa shape index (κ1) is 8.87. The summed E-state index contributed by atoms with van der Waals surface area (Å²) >= 11 is 0. The maximum atomic E-state index is 8.85. The van der Waals surface area contributed by atoms with Gasteiger partial charge >= 0.3 is 7.48 Å². The second-order valence-corrected chi connectivity index (χ2v) is 2.18. The Balaban J connectivity index is 3.02. The van der Waals surface area contributed by atoms with Crippen molar-refractivity contribution in [2.45, 2.75) is 0 Å². The molecule has 1 heterocycles. The van der Waals surface area contributed by atoms with Crippen LogP contribution in [0.15, 0.2) is 12.1 Å². The van der Waals surface area contributed by atoms with E-state index in [-0.39, 0.29) is 7.48 Å². The van der Waals surface area contributed by atoms with Gasteiger partial charge in [0.1, 0.15) is 0 Å². The molecule has 4 nitrogen and oxygen atoms in total. The molecule has 1 N–H and O–H groups in total. The van der Waals surface area contributed by atoms with Crippen LogP contribution < -0.4 is 14.9 Å². The minimum absolute atomic E-state index is 0.0832. The zero-order valence-electron chi connectivity index (χ0n) is 7.07. The van der Waals surface area contributed by atoms with Gasteiger partial charge in [-0.25, -0.2) is 0 Å². The molecule has 0 radical (unpaired) electrons. The van der Waals surface area contributed by atoms with Gasteiger partial charge in [-0.1, -0.05) is 6.07 Å². The van der Waals surface area contributed by atoms with Crippen LogP contribution in [0.25, 0.3) is 0 Å². The molecule has 64 valence electrons. The molecule has 0 aliphatic carbocycles. The number of nitrogens with zero attached hydrogens (tertiary/aromatic N) is 1. The van der Waals surface area contributed by atoms with Crippen LogP contribution in [-0.2, 0) is 0 Å². The third-order valence-corrected chi connectivity index (χ3v) is 1.49. The largest absolute Gasteiger partial charge is 0.481 e. The van der Waals surface area contributed by atoms with Crippen molar-refractivity contribution in [3.63, 3.8) is 0 Å². The molecule has 5 heteroatoms. The summed E-state index contributed by atoms with van der Waals surface area (Å²) in [7, 11) is 2.95. The van der Waals surface area contributed by atoms with Gasteiger partial charge in [-0.15, -0.1) is 0 Å². The van der Waals surface area contributed by atoms with Gasteiger partial charge in [-0.05, 0) is 0 Å². The van der Waals surface area contributed by atoms with Gasteiger partial charge in [0.2, 0.25) is 11.8 Å². The van der Waals surface area contributed by atoms with Crippen molar-refractivity contribution >= 4 is 12.9 Å². The first-order valence-electron chi connectivity index (χ1n) is 3.50. The first-order chi connectivity index (χ1) is 5.81. The molecule has 12 heavy (non-hydrogen) atoms. The Morgan fingerprint density at radius 1 is 1.33 bits per heavy atom. The maximum absolute atomic E-state index is 8.85. The average molecular weight is 167 g/mol. The molecular formula is C7H10BNO3. The summed E-state index contributed by atoms with van der Waals surface area (Å²) in [5, 5.41) is 8.85. The van der Waals surface area contributed by atoms with Crippen molar-refractivity contribution < 1.29 is 14.5 Å². The van der Waals surface area contributed by atoms with Gasteiger partial charge < -0.3 is 14.5 Å². The summed E-state index contributed by atoms with van der Waals surface area (Å²) in [6, 6.07) is 3.39. The monoisotopic (exact) mass is 167 g/mol. The van der Waals surface area contributed by atoms with Crippen LogP contribution in [0, 0.1) is 0 Å². The Bertz CT molecular complexity index is 267. The summed E-state index contributed by atoms with van der Waals surface area (Å²) in [4.78, 5) is 3.98. The molecule has 0 amide bonds. The van der Waals surface area contributed by atoms with Crippen LogP contribution in [0.2, 0.25) is 0 Å². The first-order valence-corrected chi connectivity index (χ1v) is 3.50. The van der Waals surface area contributed by atoms with E-state index in [1.807, 2.05) is 0 Å². The molecule has 0 unspecified atom stereocenters. The van der Waals surface area contributed by atoms with E-state index in [1.165, 1.54) is 14.2 Å². The number of pyridine rings is 1. The normalized spacial score (nSPS) is 9.25. The smallest absolute Gasteiger partial charge is 0.310 e. The predicted molar refractivity (Wildman–Crippen MR) is 46.3 cm³/mol. The molecule has 1 aromatic rings. The molecule has 0 aromatic carbocycles. The third kappa shape index (κ3) is 1.68. The molecule has 0 atom stereocenters. The van der Waals surface area contributed by atoms with E-state index in [4.69, 9.17) is 14.5 Å². The molecule has 0 bridgehead atoms. The topological polar surface area (TPSA) is 51.6 Å². The fourth-order valence-corrected chi connectivity index (χ4v) is 0.863. The Morgan fingerprint density at radius 2 is 2.08 bits per heavy atom. The van der Waals surface area contributed by atoms with Crippen LogP contribution in [-0.4, -0.2) is 31.7 Å². The van der Waals surface area contributed by atoms with E-state index in [9.17, 15) is 0 Å². The van der Waals surface area contributed by atoms with Crippen LogP contribution in [0.1, 0.15) is 0 Å². The van der Waals surface area contributed by atoms with Crippen LogP contribution >= 0.6 is 0 Å². The summed E-state index contributed by atoms with van der Waals surface area (Å²) in [6.07, 6.45) is 0. The van der Waals surface area contributed by atoms with Gasteiger partial charge in [0, 0.05) is 11.5 Å². The van der Waals surface area contributed by atoms with Crippen molar-refractivity contribution in [2.24, 2.45) is 0 Å². The van der Waals surface area contributed by atoms with E-state index in [0.29, 0.717) is 17.2 Å². The summed E-state index contributed by atoms with van der Waals surface area (Å²) in [6.45, 7) is 0. The highest BCUT2D eigenvalue weighted by Gasteiger charge is 2.05. The van der Waals surface area contributed by atoms with Gasteiger partial charge in [-0.3, -0.25) is 0 Å². The van der Waals surface area contributed by atoms with Crippen molar-refractivity contribution in [1.29, 1.82) is 0 Å². The van der Waals surface area contributed by atoms with Crippen molar-refractivity contribution in [3.8, 4) is 11.8 Å². The van der Waals surface area contributed by atoms with Crippen molar-refractivity contribution in [3.05, 3.63) is 12.1 Å². The fraction of sp³-hybridized carbons (Fsp3) is 0.286. The number of hydrogen-bond donors (Lipinski definition) is 1. The standard InChI is InChI=1S/C7H10BNO3/c1-11-6-4-3-5(8-10)7(9-6)12-2/h3-4,8,10H,1-2H3.